The Balaban J connectivity index is 1.25. The average Bonchev–Trinajstić information content (AvgIpc) is 2.63. The smallest absolute Gasteiger partial charge is 0.223 e. The standard InChI is InChI=1S/C22H39N3O/c1-21(2,3)25-14-10-22(11-15-25)8-4-18(5-9-22)20(26)23-19-16-24-12-6-17(19)7-13-24/h17-19H,4-16H2,1-3H3,(H,23,26). The van der Waals surface area contributed by atoms with Crippen molar-refractivity contribution in [2.75, 3.05) is 32.7 Å². The monoisotopic (exact) mass is 361 g/mol. The average molecular weight is 362 g/mol. The molecule has 4 heteroatoms. The minimum absolute atomic E-state index is 0.275. The van der Waals surface area contributed by atoms with Gasteiger partial charge >= 0.3 is 0 Å². The van der Waals surface area contributed by atoms with E-state index in [9.17, 15) is 4.79 Å². The first-order valence-corrected chi connectivity index (χ1v) is 11.1. The first-order chi connectivity index (χ1) is 12.3. The van der Waals surface area contributed by atoms with E-state index in [2.05, 4.69) is 35.9 Å². The summed E-state index contributed by atoms with van der Waals surface area (Å²) in [7, 11) is 0. The van der Waals surface area contributed by atoms with E-state index in [1.807, 2.05) is 0 Å². The Morgan fingerprint density at radius 3 is 2.04 bits per heavy atom. The Morgan fingerprint density at radius 2 is 1.54 bits per heavy atom. The molecular weight excluding hydrogens is 322 g/mol. The van der Waals surface area contributed by atoms with Gasteiger partial charge < -0.3 is 10.2 Å². The fourth-order valence-electron chi connectivity index (χ4n) is 6.07. The second-order valence-corrected chi connectivity index (χ2v) is 10.7. The number of carbonyl (C=O) groups is 1. The molecule has 4 nitrogen and oxygen atoms in total. The lowest BCUT2D eigenvalue weighted by Gasteiger charge is -2.49. The van der Waals surface area contributed by atoms with E-state index in [-0.39, 0.29) is 5.92 Å². The molecule has 4 heterocycles. The molecule has 0 aromatic heterocycles. The number of hydrogen-bond donors (Lipinski definition) is 1. The fraction of sp³-hybridized carbons (Fsp3) is 0.955. The zero-order valence-corrected chi connectivity index (χ0v) is 17.2. The van der Waals surface area contributed by atoms with Crippen molar-refractivity contribution in [2.24, 2.45) is 17.3 Å². The van der Waals surface area contributed by atoms with Gasteiger partial charge in [0, 0.05) is 24.0 Å². The van der Waals surface area contributed by atoms with Crippen LogP contribution in [0.2, 0.25) is 0 Å². The van der Waals surface area contributed by atoms with Gasteiger partial charge in [-0.1, -0.05) is 0 Å². The van der Waals surface area contributed by atoms with Crippen molar-refractivity contribution >= 4 is 5.91 Å². The predicted molar refractivity (Wildman–Crippen MR) is 106 cm³/mol. The third kappa shape index (κ3) is 3.82. The van der Waals surface area contributed by atoms with Crippen molar-refractivity contribution < 1.29 is 4.79 Å². The van der Waals surface area contributed by atoms with Gasteiger partial charge in [-0.15, -0.1) is 0 Å². The highest BCUT2D eigenvalue weighted by molar-refractivity contribution is 5.79. The van der Waals surface area contributed by atoms with Crippen LogP contribution in [0.25, 0.3) is 0 Å². The zero-order chi connectivity index (χ0) is 18.4. The Kier molecular flexibility index (Phi) is 5.11. The van der Waals surface area contributed by atoms with Crippen LogP contribution in [0.1, 0.15) is 72.1 Å². The molecule has 0 radical (unpaired) electrons. The molecule has 1 N–H and O–H groups in total. The van der Waals surface area contributed by atoms with Gasteiger partial charge in [0.15, 0.2) is 0 Å². The molecule has 5 aliphatic rings. The van der Waals surface area contributed by atoms with Crippen LogP contribution in [0.4, 0.5) is 0 Å². The second kappa shape index (κ2) is 7.09. The molecule has 4 saturated heterocycles. The summed E-state index contributed by atoms with van der Waals surface area (Å²) >= 11 is 0. The lowest BCUT2D eigenvalue weighted by molar-refractivity contribution is -0.129. The second-order valence-electron chi connectivity index (χ2n) is 10.7. The van der Waals surface area contributed by atoms with Crippen LogP contribution in [0.3, 0.4) is 0 Å². The van der Waals surface area contributed by atoms with Gasteiger partial charge in [0.05, 0.1) is 0 Å². The van der Waals surface area contributed by atoms with Crippen LogP contribution < -0.4 is 5.32 Å². The summed E-state index contributed by atoms with van der Waals surface area (Å²) in [6.07, 6.45) is 9.99. The maximum atomic E-state index is 12.9. The van der Waals surface area contributed by atoms with Gasteiger partial charge in [-0.3, -0.25) is 9.69 Å². The number of amides is 1. The fourth-order valence-corrected chi connectivity index (χ4v) is 6.07. The molecule has 4 aliphatic heterocycles. The van der Waals surface area contributed by atoms with Crippen LogP contribution in [0.5, 0.6) is 0 Å². The van der Waals surface area contributed by atoms with Gasteiger partial charge in [0.1, 0.15) is 0 Å². The molecule has 26 heavy (non-hydrogen) atoms. The Bertz CT molecular complexity index is 500. The molecule has 1 amide bonds. The first-order valence-electron chi connectivity index (χ1n) is 11.1. The van der Waals surface area contributed by atoms with Crippen LogP contribution in [0.15, 0.2) is 0 Å². The molecule has 5 fully saturated rings. The maximum absolute atomic E-state index is 12.9. The molecule has 5 rings (SSSR count). The van der Waals surface area contributed by atoms with Crippen LogP contribution >= 0.6 is 0 Å². The van der Waals surface area contributed by atoms with Gasteiger partial charge in [-0.25, -0.2) is 0 Å². The van der Waals surface area contributed by atoms with E-state index in [1.54, 1.807) is 0 Å². The van der Waals surface area contributed by atoms with E-state index in [0.29, 0.717) is 22.9 Å². The molecule has 1 aliphatic carbocycles. The number of hydrogen-bond acceptors (Lipinski definition) is 3. The third-order valence-electron chi connectivity index (χ3n) is 8.17. The van der Waals surface area contributed by atoms with E-state index in [4.69, 9.17) is 0 Å². The zero-order valence-electron chi connectivity index (χ0n) is 17.2. The molecule has 1 spiro atoms. The summed E-state index contributed by atoms with van der Waals surface area (Å²) in [5.41, 5.74) is 0.836. The normalized spacial score (nSPS) is 35.6. The molecule has 1 unspecified atom stereocenters. The van der Waals surface area contributed by atoms with Crippen molar-refractivity contribution in [2.45, 2.75) is 83.7 Å². The van der Waals surface area contributed by atoms with Crippen LogP contribution in [0, 0.1) is 17.3 Å². The Hall–Kier alpha value is -0.610. The predicted octanol–water partition coefficient (Wildman–Crippen LogP) is 3.27. The summed E-state index contributed by atoms with van der Waals surface area (Å²) in [5.74, 6) is 1.38. The minimum atomic E-state index is 0.275. The van der Waals surface area contributed by atoms with Crippen LogP contribution in [-0.4, -0.2) is 60.0 Å². The SMILES string of the molecule is CC(C)(C)N1CCC2(CCC(C(=O)NC3CN4CCC3CC4)CC2)CC1. The van der Waals surface area contributed by atoms with Gasteiger partial charge in [-0.2, -0.15) is 0 Å². The highest BCUT2D eigenvalue weighted by atomic mass is 16.2. The molecule has 0 aromatic carbocycles. The third-order valence-corrected chi connectivity index (χ3v) is 8.17. The number of nitrogens with zero attached hydrogens (tertiary/aromatic N) is 2. The number of likely N-dealkylation sites (tertiary alicyclic amines) is 1. The van der Waals surface area contributed by atoms with Gasteiger partial charge in [-0.05, 0) is 110 Å². The van der Waals surface area contributed by atoms with Gasteiger partial charge in [0.2, 0.25) is 5.91 Å². The van der Waals surface area contributed by atoms with Crippen molar-refractivity contribution in [1.29, 1.82) is 0 Å². The van der Waals surface area contributed by atoms with Crippen LogP contribution in [-0.2, 0) is 4.79 Å². The molecule has 148 valence electrons. The highest BCUT2D eigenvalue weighted by Gasteiger charge is 2.42. The summed E-state index contributed by atoms with van der Waals surface area (Å²) < 4.78 is 0. The minimum Gasteiger partial charge on any atom is -0.352 e. The molecule has 1 atom stereocenters. The maximum Gasteiger partial charge on any atom is 0.223 e. The van der Waals surface area contributed by atoms with E-state index >= 15 is 0 Å². The number of rotatable bonds is 2. The van der Waals surface area contributed by atoms with Crippen molar-refractivity contribution in [3.8, 4) is 0 Å². The molecular formula is C22H39N3O. The number of fused-ring (bicyclic) bond motifs is 3. The molecule has 2 bridgehead atoms. The summed E-state index contributed by atoms with van der Waals surface area (Å²) in [5, 5.41) is 3.45. The van der Waals surface area contributed by atoms with E-state index in [0.717, 1.165) is 25.3 Å². The quantitative estimate of drug-likeness (QED) is 0.820. The van der Waals surface area contributed by atoms with E-state index in [1.165, 1.54) is 64.7 Å². The summed E-state index contributed by atoms with van der Waals surface area (Å²) in [4.78, 5) is 18.0. The largest absolute Gasteiger partial charge is 0.352 e. The van der Waals surface area contributed by atoms with E-state index < -0.39 is 0 Å². The van der Waals surface area contributed by atoms with Gasteiger partial charge in [0.25, 0.3) is 0 Å². The lowest BCUT2D eigenvalue weighted by atomic mass is 9.65. The number of piperidine rings is 4. The van der Waals surface area contributed by atoms with Crippen molar-refractivity contribution in [3.05, 3.63) is 0 Å². The number of nitrogens with one attached hydrogen (secondary N) is 1. The topological polar surface area (TPSA) is 35.6 Å². The highest BCUT2D eigenvalue weighted by Crippen LogP contribution is 2.47. The lowest BCUT2D eigenvalue weighted by Crippen LogP contribution is -2.58. The Morgan fingerprint density at radius 1 is 0.923 bits per heavy atom. The molecule has 1 saturated carbocycles. The number of carbonyl (C=O) groups excluding carboxylic acids is 1. The first kappa shape index (κ1) is 18.7. The van der Waals surface area contributed by atoms with Crippen molar-refractivity contribution in [1.82, 2.24) is 15.1 Å². The van der Waals surface area contributed by atoms with Crippen molar-refractivity contribution in [3.63, 3.8) is 0 Å². The summed E-state index contributed by atoms with van der Waals surface area (Å²) in [6.45, 7) is 13.1. The Labute approximate surface area is 160 Å². The molecule has 0 aromatic rings. The summed E-state index contributed by atoms with van der Waals surface area (Å²) in [6, 6.07) is 0.427.